The number of nitrogens with zero attached hydrogens (tertiary/aromatic N) is 3. The number of anilines is 2. The summed E-state index contributed by atoms with van der Waals surface area (Å²) in [5, 5.41) is 5.82. The van der Waals surface area contributed by atoms with Crippen LogP contribution in [0.25, 0.3) is 11.3 Å². The number of aromatic nitrogens is 2. The molecule has 41 heavy (non-hydrogen) atoms. The van der Waals surface area contributed by atoms with E-state index < -0.39 is 11.6 Å². The molecule has 0 spiro atoms. The fourth-order valence-electron chi connectivity index (χ4n) is 4.66. The number of fused-ring (bicyclic) bond motifs is 1. The zero-order chi connectivity index (χ0) is 29.1. The van der Waals surface area contributed by atoms with Gasteiger partial charge in [-0.25, -0.2) is 18.7 Å². The van der Waals surface area contributed by atoms with Crippen molar-refractivity contribution in [3.05, 3.63) is 94.9 Å². The SMILES string of the molecule is CCNC(=O)c1ccc(Nc2cc(-c3c(F)cccc3F)nc3c2C(=O)N(Cc2ccc(OC)cc2OC)C3)cn1. The van der Waals surface area contributed by atoms with E-state index in [4.69, 9.17) is 9.47 Å². The van der Waals surface area contributed by atoms with E-state index in [0.29, 0.717) is 35.1 Å². The lowest BCUT2D eigenvalue weighted by atomic mass is 10.1. The summed E-state index contributed by atoms with van der Waals surface area (Å²) in [7, 11) is 3.08. The molecular weight excluding hydrogens is 532 g/mol. The van der Waals surface area contributed by atoms with Gasteiger partial charge in [0.1, 0.15) is 28.8 Å². The Morgan fingerprint density at radius 3 is 2.46 bits per heavy atom. The van der Waals surface area contributed by atoms with E-state index in [-0.39, 0.29) is 47.4 Å². The predicted molar refractivity (Wildman–Crippen MR) is 148 cm³/mol. The summed E-state index contributed by atoms with van der Waals surface area (Å²) in [4.78, 5) is 36.1. The highest BCUT2D eigenvalue weighted by atomic mass is 19.1. The lowest BCUT2D eigenvalue weighted by molar-refractivity contribution is 0.0765. The largest absolute Gasteiger partial charge is 0.497 e. The Kier molecular flexibility index (Phi) is 7.77. The van der Waals surface area contributed by atoms with E-state index in [0.717, 1.165) is 17.7 Å². The molecule has 0 aliphatic carbocycles. The van der Waals surface area contributed by atoms with Crippen LogP contribution >= 0.6 is 0 Å². The molecule has 5 rings (SSSR count). The number of methoxy groups -OCH3 is 2. The van der Waals surface area contributed by atoms with Gasteiger partial charge in [0.2, 0.25) is 0 Å². The van der Waals surface area contributed by atoms with E-state index in [1.54, 1.807) is 37.1 Å². The second-order valence-electron chi connectivity index (χ2n) is 9.23. The number of hydrogen-bond acceptors (Lipinski definition) is 7. The van der Waals surface area contributed by atoms with Crippen molar-refractivity contribution < 1.29 is 27.8 Å². The first-order chi connectivity index (χ1) is 19.8. The van der Waals surface area contributed by atoms with Crippen LogP contribution in [-0.4, -0.2) is 47.4 Å². The minimum absolute atomic E-state index is 0.0328. The summed E-state index contributed by atoms with van der Waals surface area (Å²) in [5.74, 6) is -1.03. The quantitative estimate of drug-likeness (QED) is 0.294. The minimum atomic E-state index is -0.777. The Morgan fingerprint density at radius 1 is 1.02 bits per heavy atom. The van der Waals surface area contributed by atoms with Crippen LogP contribution in [0, 0.1) is 11.6 Å². The molecule has 4 aromatic rings. The van der Waals surface area contributed by atoms with Gasteiger partial charge in [-0.2, -0.15) is 0 Å². The number of nitrogens with one attached hydrogen (secondary N) is 2. The van der Waals surface area contributed by atoms with Crippen molar-refractivity contribution in [2.75, 3.05) is 26.1 Å². The first-order valence-electron chi connectivity index (χ1n) is 12.8. The number of amides is 2. The van der Waals surface area contributed by atoms with Crippen molar-refractivity contribution in [2.45, 2.75) is 20.0 Å². The zero-order valence-corrected chi connectivity index (χ0v) is 22.6. The maximum absolute atomic E-state index is 14.8. The number of carbonyl (C=O) groups is 2. The molecule has 2 aromatic carbocycles. The number of ether oxygens (including phenoxy) is 2. The number of hydrogen-bond donors (Lipinski definition) is 2. The van der Waals surface area contributed by atoms with E-state index in [2.05, 4.69) is 20.6 Å². The van der Waals surface area contributed by atoms with Crippen molar-refractivity contribution in [2.24, 2.45) is 0 Å². The summed E-state index contributed by atoms with van der Waals surface area (Å²) >= 11 is 0. The zero-order valence-electron chi connectivity index (χ0n) is 22.6. The molecule has 0 bridgehead atoms. The van der Waals surface area contributed by atoms with E-state index in [9.17, 15) is 18.4 Å². The Labute approximate surface area is 235 Å². The van der Waals surface area contributed by atoms with Crippen LogP contribution in [0.2, 0.25) is 0 Å². The molecule has 1 aliphatic heterocycles. The molecule has 0 atom stereocenters. The maximum Gasteiger partial charge on any atom is 0.269 e. The molecule has 9 nitrogen and oxygen atoms in total. The van der Waals surface area contributed by atoms with E-state index in [1.807, 2.05) is 6.07 Å². The van der Waals surface area contributed by atoms with Gasteiger partial charge in [-0.3, -0.25) is 9.59 Å². The van der Waals surface area contributed by atoms with E-state index in [1.165, 1.54) is 31.5 Å². The van der Waals surface area contributed by atoms with Gasteiger partial charge >= 0.3 is 0 Å². The highest BCUT2D eigenvalue weighted by molar-refractivity contribution is 6.04. The van der Waals surface area contributed by atoms with Crippen LogP contribution in [0.4, 0.5) is 20.2 Å². The highest BCUT2D eigenvalue weighted by Crippen LogP contribution is 2.37. The van der Waals surface area contributed by atoms with Crippen LogP contribution in [0.5, 0.6) is 11.5 Å². The molecule has 210 valence electrons. The van der Waals surface area contributed by atoms with Crippen LogP contribution < -0.4 is 20.1 Å². The van der Waals surface area contributed by atoms with Gasteiger partial charge in [-0.1, -0.05) is 6.07 Å². The van der Waals surface area contributed by atoms with Crippen molar-refractivity contribution in [1.29, 1.82) is 0 Å². The molecule has 2 aromatic heterocycles. The van der Waals surface area contributed by atoms with Crippen LogP contribution in [0.1, 0.15) is 39.0 Å². The van der Waals surface area contributed by atoms with Gasteiger partial charge in [-0.15, -0.1) is 0 Å². The van der Waals surface area contributed by atoms with Gasteiger partial charge < -0.3 is 25.0 Å². The van der Waals surface area contributed by atoms with Gasteiger partial charge in [0.05, 0.1) is 67.4 Å². The van der Waals surface area contributed by atoms with Crippen molar-refractivity contribution in [3.63, 3.8) is 0 Å². The summed E-state index contributed by atoms with van der Waals surface area (Å²) in [6.45, 7) is 2.57. The summed E-state index contributed by atoms with van der Waals surface area (Å²) in [6.07, 6.45) is 1.44. The number of halogens is 2. The normalized spacial score (nSPS) is 12.2. The third-order valence-corrected chi connectivity index (χ3v) is 6.62. The van der Waals surface area contributed by atoms with Crippen LogP contribution in [0.15, 0.2) is 60.8 Å². The third kappa shape index (κ3) is 5.51. The number of pyridine rings is 2. The van der Waals surface area contributed by atoms with Gasteiger partial charge in [-0.05, 0) is 49.4 Å². The second kappa shape index (κ2) is 11.6. The minimum Gasteiger partial charge on any atom is -0.497 e. The van der Waals surface area contributed by atoms with Crippen molar-refractivity contribution in [3.8, 4) is 22.8 Å². The monoisotopic (exact) mass is 559 g/mol. The van der Waals surface area contributed by atoms with Crippen LogP contribution in [-0.2, 0) is 13.1 Å². The lowest BCUT2D eigenvalue weighted by Crippen LogP contribution is -2.24. The summed E-state index contributed by atoms with van der Waals surface area (Å²) < 4.78 is 40.3. The Morgan fingerprint density at radius 2 is 1.80 bits per heavy atom. The molecule has 11 heteroatoms. The first kappa shape index (κ1) is 27.5. The number of benzene rings is 2. The number of rotatable bonds is 9. The van der Waals surface area contributed by atoms with E-state index >= 15 is 0 Å². The molecule has 3 heterocycles. The lowest BCUT2D eigenvalue weighted by Gasteiger charge is -2.18. The smallest absolute Gasteiger partial charge is 0.269 e. The average Bonchev–Trinajstić information content (AvgIpc) is 3.28. The summed E-state index contributed by atoms with van der Waals surface area (Å²) in [6, 6.07) is 13.5. The topological polar surface area (TPSA) is 106 Å². The maximum atomic E-state index is 14.8. The molecule has 2 amide bonds. The molecule has 1 aliphatic rings. The molecule has 0 saturated carbocycles. The van der Waals surface area contributed by atoms with Gasteiger partial charge in [0.25, 0.3) is 11.8 Å². The number of carbonyl (C=O) groups excluding carboxylic acids is 2. The standard InChI is InChI=1S/C30H27F2N5O4/c1-4-33-29(38)22-11-9-18(14-34-22)35-24-13-23(27-20(31)6-5-7-21(27)32)36-25-16-37(30(39)28(24)25)15-17-8-10-19(40-2)12-26(17)41-3/h5-14H,4,15-16H2,1-3H3,(H,33,38)(H,35,36). The fraction of sp³-hybridized carbons (Fsp3) is 0.200. The van der Waals surface area contributed by atoms with Gasteiger partial charge in [0, 0.05) is 18.2 Å². The molecule has 0 unspecified atom stereocenters. The molecule has 0 fully saturated rings. The van der Waals surface area contributed by atoms with Gasteiger partial charge in [0.15, 0.2) is 0 Å². The average molecular weight is 560 g/mol. The Bertz CT molecular complexity index is 1610. The first-order valence-corrected chi connectivity index (χ1v) is 12.8. The molecule has 2 N–H and O–H groups in total. The van der Waals surface area contributed by atoms with Crippen LogP contribution in [0.3, 0.4) is 0 Å². The molecular formula is C30H27F2N5O4. The summed E-state index contributed by atoms with van der Waals surface area (Å²) in [5.41, 5.74) is 2.10. The third-order valence-electron chi connectivity index (χ3n) is 6.62. The molecule has 0 radical (unpaired) electrons. The Hall–Kier alpha value is -5.06. The fourth-order valence-corrected chi connectivity index (χ4v) is 4.66. The van der Waals surface area contributed by atoms with Crippen molar-refractivity contribution >= 4 is 23.2 Å². The Balaban J connectivity index is 1.53. The molecule has 0 saturated heterocycles. The van der Waals surface area contributed by atoms with Crippen molar-refractivity contribution in [1.82, 2.24) is 20.2 Å². The second-order valence-corrected chi connectivity index (χ2v) is 9.23. The highest BCUT2D eigenvalue weighted by Gasteiger charge is 2.33. The predicted octanol–water partition coefficient (Wildman–Crippen LogP) is 5.09.